The van der Waals surface area contributed by atoms with Crippen molar-refractivity contribution in [2.75, 3.05) is 6.61 Å². The Labute approximate surface area is 198 Å². The second kappa shape index (κ2) is 12.8. The molecule has 3 heteroatoms. The number of carbonyl (C=O) groups excluding carboxylic acids is 1. The molecule has 0 saturated heterocycles. The Morgan fingerprint density at radius 3 is 1.97 bits per heavy atom. The van der Waals surface area contributed by atoms with E-state index in [-0.39, 0.29) is 12.1 Å². The van der Waals surface area contributed by atoms with E-state index >= 15 is 0 Å². The van der Waals surface area contributed by atoms with Crippen LogP contribution in [0.2, 0.25) is 0 Å². The largest absolute Gasteiger partial charge is 0.494 e. The zero-order valence-corrected chi connectivity index (χ0v) is 20.2. The molecular weight excluding hydrogens is 408 g/mol. The van der Waals surface area contributed by atoms with Crippen molar-refractivity contribution in [2.45, 2.75) is 65.4 Å². The monoisotopic (exact) mass is 444 g/mol. The predicted octanol–water partition coefficient (Wildman–Crippen LogP) is 8.32. The van der Waals surface area contributed by atoms with E-state index in [2.05, 4.69) is 19.1 Å². The summed E-state index contributed by atoms with van der Waals surface area (Å²) in [4.78, 5) is 12.5. The van der Waals surface area contributed by atoms with Crippen LogP contribution < -0.4 is 4.74 Å². The molecule has 0 aliphatic rings. The summed E-state index contributed by atoms with van der Waals surface area (Å²) >= 11 is 0. The zero-order chi connectivity index (χ0) is 23.5. The lowest BCUT2D eigenvalue weighted by Crippen LogP contribution is -2.09. The van der Waals surface area contributed by atoms with Crippen LogP contribution in [0.25, 0.3) is 11.1 Å². The van der Waals surface area contributed by atoms with E-state index in [0.717, 1.165) is 35.5 Å². The Morgan fingerprint density at radius 2 is 1.33 bits per heavy atom. The van der Waals surface area contributed by atoms with E-state index in [0.29, 0.717) is 5.56 Å². The van der Waals surface area contributed by atoms with Crippen LogP contribution in [-0.4, -0.2) is 12.6 Å². The summed E-state index contributed by atoms with van der Waals surface area (Å²) in [5, 5.41) is 0. The summed E-state index contributed by atoms with van der Waals surface area (Å²) in [5.41, 5.74) is 4.88. The fourth-order valence-corrected chi connectivity index (χ4v) is 3.75. The van der Waals surface area contributed by atoms with Crippen molar-refractivity contribution in [3.05, 3.63) is 89.5 Å². The molecule has 3 nitrogen and oxygen atoms in total. The molecule has 0 aliphatic heterocycles. The van der Waals surface area contributed by atoms with Crippen LogP contribution >= 0.6 is 0 Å². The van der Waals surface area contributed by atoms with Crippen molar-refractivity contribution in [1.29, 1.82) is 0 Å². The van der Waals surface area contributed by atoms with Gasteiger partial charge < -0.3 is 9.47 Å². The first-order valence-electron chi connectivity index (χ1n) is 12.2. The molecule has 0 amide bonds. The third-order valence-corrected chi connectivity index (χ3v) is 5.91. The Kier molecular flexibility index (Phi) is 9.56. The van der Waals surface area contributed by atoms with Gasteiger partial charge in [0.25, 0.3) is 0 Å². The summed E-state index contributed by atoms with van der Waals surface area (Å²) in [6.45, 7) is 6.94. The molecule has 0 heterocycles. The zero-order valence-electron chi connectivity index (χ0n) is 20.2. The molecule has 174 valence electrons. The maximum Gasteiger partial charge on any atom is 0.338 e. The highest BCUT2D eigenvalue weighted by atomic mass is 16.5. The lowest BCUT2D eigenvalue weighted by atomic mass is 10.0. The number of hydrogen-bond donors (Lipinski definition) is 0. The molecule has 0 aliphatic carbocycles. The average molecular weight is 445 g/mol. The number of aryl methyl sites for hydroxylation is 1. The highest BCUT2D eigenvalue weighted by Crippen LogP contribution is 2.24. The Balaban J connectivity index is 1.49. The topological polar surface area (TPSA) is 35.5 Å². The number of benzene rings is 3. The van der Waals surface area contributed by atoms with Crippen molar-refractivity contribution in [3.8, 4) is 16.9 Å². The van der Waals surface area contributed by atoms with Crippen LogP contribution in [0.5, 0.6) is 5.75 Å². The van der Waals surface area contributed by atoms with E-state index in [1.807, 2.05) is 74.5 Å². The first-order valence-corrected chi connectivity index (χ1v) is 12.2. The summed E-state index contributed by atoms with van der Waals surface area (Å²) in [6, 6.07) is 23.7. The summed E-state index contributed by atoms with van der Waals surface area (Å²) in [5.74, 6) is 0.589. The summed E-state index contributed by atoms with van der Waals surface area (Å²) in [6.07, 6.45) is 7.28. The number of carbonyl (C=O) groups is 1. The van der Waals surface area contributed by atoms with E-state index in [4.69, 9.17) is 9.47 Å². The highest BCUT2D eigenvalue weighted by molar-refractivity contribution is 5.90. The van der Waals surface area contributed by atoms with Gasteiger partial charge in [0.15, 0.2) is 0 Å². The van der Waals surface area contributed by atoms with E-state index < -0.39 is 0 Å². The lowest BCUT2D eigenvalue weighted by Gasteiger charge is -2.14. The molecule has 0 N–H and O–H groups in total. The SMILES string of the molecule is CCCCCCCCOc1ccc(-c2ccc(C(=O)OC(C)c3ccc(C)cc3)cc2)cc1. The quantitative estimate of drug-likeness (QED) is 0.208. The smallest absolute Gasteiger partial charge is 0.338 e. The van der Waals surface area contributed by atoms with Crippen molar-refractivity contribution in [2.24, 2.45) is 0 Å². The van der Waals surface area contributed by atoms with E-state index in [1.165, 1.54) is 37.7 Å². The summed E-state index contributed by atoms with van der Waals surface area (Å²) in [7, 11) is 0. The number of esters is 1. The van der Waals surface area contributed by atoms with Gasteiger partial charge in [-0.3, -0.25) is 0 Å². The fourth-order valence-electron chi connectivity index (χ4n) is 3.75. The first-order chi connectivity index (χ1) is 16.1. The van der Waals surface area contributed by atoms with Crippen LogP contribution in [-0.2, 0) is 4.74 Å². The van der Waals surface area contributed by atoms with Gasteiger partial charge in [-0.15, -0.1) is 0 Å². The van der Waals surface area contributed by atoms with Gasteiger partial charge in [0.2, 0.25) is 0 Å². The lowest BCUT2D eigenvalue weighted by molar-refractivity contribution is 0.0338. The molecule has 33 heavy (non-hydrogen) atoms. The minimum absolute atomic E-state index is 0.290. The summed E-state index contributed by atoms with van der Waals surface area (Å²) < 4.78 is 11.5. The van der Waals surface area contributed by atoms with Crippen molar-refractivity contribution in [3.63, 3.8) is 0 Å². The number of hydrogen-bond acceptors (Lipinski definition) is 3. The maximum absolute atomic E-state index is 12.5. The molecule has 1 atom stereocenters. The second-order valence-electron chi connectivity index (χ2n) is 8.68. The van der Waals surface area contributed by atoms with Crippen LogP contribution in [0, 0.1) is 6.92 Å². The Morgan fingerprint density at radius 1 is 0.758 bits per heavy atom. The van der Waals surface area contributed by atoms with Gasteiger partial charge >= 0.3 is 5.97 Å². The molecule has 0 aromatic heterocycles. The normalized spacial score (nSPS) is 11.7. The fraction of sp³-hybridized carbons (Fsp3) is 0.367. The molecule has 0 saturated carbocycles. The number of ether oxygens (including phenoxy) is 2. The molecule has 1 unspecified atom stereocenters. The molecule has 3 rings (SSSR count). The molecule has 3 aromatic rings. The molecule has 0 bridgehead atoms. The highest BCUT2D eigenvalue weighted by Gasteiger charge is 2.14. The van der Waals surface area contributed by atoms with Gasteiger partial charge in [0.1, 0.15) is 11.9 Å². The van der Waals surface area contributed by atoms with Gasteiger partial charge in [-0.2, -0.15) is 0 Å². The van der Waals surface area contributed by atoms with E-state index in [9.17, 15) is 4.79 Å². The molecule has 0 radical (unpaired) electrons. The number of unbranched alkanes of at least 4 members (excludes halogenated alkanes) is 5. The average Bonchev–Trinajstić information content (AvgIpc) is 2.84. The minimum Gasteiger partial charge on any atom is -0.494 e. The van der Waals surface area contributed by atoms with Gasteiger partial charge in [-0.25, -0.2) is 4.79 Å². The third kappa shape index (κ3) is 7.78. The van der Waals surface area contributed by atoms with E-state index in [1.54, 1.807) is 0 Å². The maximum atomic E-state index is 12.5. The van der Waals surface area contributed by atoms with Gasteiger partial charge in [-0.1, -0.05) is 93.1 Å². The minimum atomic E-state index is -0.312. The standard InChI is InChI=1S/C30H36O3/c1-4-5-6-7-8-9-22-32-29-20-18-27(19-21-29)26-14-16-28(17-15-26)30(31)33-24(3)25-12-10-23(2)11-13-25/h10-21,24H,4-9,22H2,1-3H3. The molecule has 0 spiro atoms. The van der Waals surface area contributed by atoms with Crippen molar-refractivity contribution < 1.29 is 14.3 Å². The third-order valence-electron chi connectivity index (χ3n) is 5.91. The van der Waals surface area contributed by atoms with Gasteiger partial charge in [-0.05, 0) is 61.2 Å². The van der Waals surface area contributed by atoms with Crippen LogP contribution in [0.4, 0.5) is 0 Å². The van der Waals surface area contributed by atoms with Gasteiger partial charge in [0.05, 0.1) is 12.2 Å². The molecule has 0 fully saturated rings. The van der Waals surface area contributed by atoms with Crippen molar-refractivity contribution in [1.82, 2.24) is 0 Å². The molecule has 3 aromatic carbocycles. The van der Waals surface area contributed by atoms with Crippen LogP contribution in [0.1, 0.15) is 80.0 Å². The van der Waals surface area contributed by atoms with Crippen molar-refractivity contribution >= 4 is 5.97 Å². The van der Waals surface area contributed by atoms with Gasteiger partial charge in [0, 0.05) is 0 Å². The number of rotatable bonds is 12. The first kappa shape index (κ1) is 24.6. The predicted molar refractivity (Wildman–Crippen MR) is 136 cm³/mol. The van der Waals surface area contributed by atoms with Crippen LogP contribution in [0.3, 0.4) is 0 Å². The molecular formula is C30H36O3. The Hall–Kier alpha value is -3.07. The second-order valence-corrected chi connectivity index (χ2v) is 8.68. The Bertz CT molecular complexity index is 973. The van der Waals surface area contributed by atoms with Crippen LogP contribution in [0.15, 0.2) is 72.8 Å².